The summed E-state index contributed by atoms with van der Waals surface area (Å²) >= 11 is 0. The number of methoxy groups -OCH3 is 1. The zero-order chi connectivity index (χ0) is 63.9. The molecule has 0 radical (unpaired) electrons. The number of hydrogen-bond acceptors (Lipinski definition) is 16. The summed E-state index contributed by atoms with van der Waals surface area (Å²) in [5.74, 6) is -2.58. The van der Waals surface area contributed by atoms with Crippen LogP contribution in [0, 0.1) is 30.5 Å². The largest absolute Gasteiger partial charge is 0.468 e. The van der Waals surface area contributed by atoms with Crippen molar-refractivity contribution in [2.45, 2.75) is 103 Å². The van der Waals surface area contributed by atoms with E-state index in [0.29, 0.717) is 136 Å². The fourth-order valence-corrected chi connectivity index (χ4v) is 13.5. The molecule has 3 aromatic carbocycles. The number of nitrogens with one attached hydrogen (secondary N) is 3. The average molecular weight is 1250 g/mol. The number of benzene rings is 3. The Kier molecular flexibility index (Phi) is 19.6. The van der Waals surface area contributed by atoms with E-state index in [1.54, 1.807) is 36.2 Å². The minimum absolute atomic E-state index is 0.0339. The molecule has 91 heavy (non-hydrogen) atoms. The van der Waals surface area contributed by atoms with Crippen LogP contribution in [0.4, 0.5) is 21.7 Å². The number of aromatic nitrogens is 6. The fourth-order valence-electron chi connectivity index (χ4n) is 13.5. The molecular formula is C65H78FN15O10. The van der Waals surface area contributed by atoms with Gasteiger partial charge in [-0.2, -0.15) is 10.2 Å². The van der Waals surface area contributed by atoms with Gasteiger partial charge in [0.25, 0.3) is 5.91 Å². The Morgan fingerprint density at radius 1 is 0.637 bits per heavy atom. The van der Waals surface area contributed by atoms with Crippen LogP contribution in [0.15, 0.2) is 67.0 Å². The number of esters is 1. The molecule has 3 aromatic heterocycles. The summed E-state index contributed by atoms with van der Waals surface area (Å²) in [7, 11) is 1.19. The predicted octanol–water partition coefficient (Wildman–Crippen LogP) is 5.07. The smallest absolute Gasteiger partial charge is 0.325 e. The van der Waals surface area contributed by atoms with Gasteiger partial charge in [-0.3, -0.25) is 47.8 Å². The zero-order valence-corrected chi connectivity index (χ0v) is 51.5. The molecule has 6 aromatic rings. The van der Waals surface area contributed by atoms with Crippen LogP contribution < -0.4 is 26.6 Å². The first-order valence-corrected chi connectivity index (χ1v) is 31.7. The molecule has 0 unspecified atom stereocenters. The van der Waals surface area contributed by atoms with E-state index in [-0.39, 0.29) is 85.1 Å². The number of likely N-dealkylation sites (tertiary alicyclic amines) is 4. The normalized spacial score (nSPS) is 17.3. The highest BCUT2D eigenvalue weighted by atomic mass is 19.1. The van der Waals surface area contributed by atoms with E-state index < -0.39 is 35.4 Å². The van der Waals surface area contributed by atoms with Gasteiger partial charge in [-0.05, 0) is 125 Å². The maximum atomic E-state index is 16.0. The van der Waals surface area contributed by atoms with Crippen LogP contribution in [0.5, 0.6) is 0 Å². The molecule has 0 aliphatic carbocycles. The number of primary amides is 1. The van der Waals surface area contributed by atoms with Gasteiger partial charge in [0.05, 0.1) is 42.8 Å². The van der Waals surface area contributed by atoms with Gasteiger partial charge in [-0.15, -0.1) is 0 Å². The highest BCUT2D eigenvalue weighted by Gasteiger charge is 2.38. The number of ether oxygens (including phenoxy) is 1. The van der Waals surface area contributed by atoms with Crippen LogP contribution in [0.2, 0.25) is 0 Å². The average Bonchev–Trinajstić information content (AvgIpc) is 1.70. The van der Waals surface area contributed by atoms with Gasteiger partial charge in [-0.25, -0.2) is 19.0 Å². The first kappa shape index (κ1) is 63.2. The van der Waals surface area contributed by atoms with Crippen molar-refractivity contribution < 1.29 is 52.3 Å². The lowest BCUT2D eigenvalue weighted by Crippen LogP contribution is -2.50. The molecule has 5 aliphatic heterocycles. The van der Waals surface area contributed by atoms with Crippen LogP contribution in [-0.4, -0.2) is 188 Å². The van der Waals surface area contributed by atoms with E-state index in [0.717, 1.165) is 50.3 Å². The van der Waals surface area contributed by atoms with Crippen LogP contribution in [0.1, 0.15) is 116 Å². The number of piperidine rings is 5. The number of nitrogens with zero attached hydrogens (tertiary/aromatic N) is 11. The molecule has 480 valence electrons. The molecule has 25 nitrogen and oxygen atoms in total. The highest BCUT2D eigenvalue weighted by molar-refractivity contribution is 6.01. The lowest BCUT2D eigenvalue weighted by molar-refractivity contribution is -0.146. The molecule has 8 heterocycles. The van der Waals surface area contributed by atoms with Crippen LogP contribution in [0.3, 0.4) is 0 Å². The first-order chi connectivity index (χ1) is 44.0. The van der Waals surface area contributed by atoms with Gasteiger partial charge in [0.2, 0.25) is 41.4 Å². The molecule has 0 bridgehead atoms. The molecule has 11 rings (SSSR count). The first-order valence-electron chi connectivity index (χ1n) is 31.7. The summed E-state index contributed by atoms with van der Waals surface area (Å²) in [5, 5.41) is 17.9. The number of halogens is 1. The summed E-state index contributed by atoms with van der Waals surface area (Å²) < 4.78 is 23.1. The monoisotopic (exact) mass is 1250 g/mol. The summed E-state index contributed by atoms with van der Waals surface area (Å²) in [6, 6.07) is 16.1. The summed E-state index contributed by atoms with van der Waals surface area (Å²) in [5.41, 5.74) is 9.71. The molecule has 5 saturated heterocycles. The summed E-state index contributed by atoms with van der Waals surface area (Å²) in [6.45, 7) is 6.62. The summed E-state index contributed by atoms with van der Waals surface area (Å²) in [6.07, 6.45) is 11.2. The Hall–Kier alpha value is -9.36. The second kappa shape index (κ2) is 28.2. The third-order valence-electron chi connectivity index (χ3n) is 18.7. The van der Waals surface area contributed by atoms with Crippen molar-refractivity contribution in [2.75, 3.05) is 95.9 Å². The molecule has 7 amide bonds. The van der Waals surface area contributed by atoms with Crippen molar-refractivity contribution in [2.24, 2.45) is 23.5 Å². The highest BCUT2D eigenvalue weighted by Crippen LogP contribution is 2.37. The van der Waals surface area contributed by atoms with E-state index >= 15 is 4.39 Å². The van der Waals surface area contributed by atoms with Gasteiger partial charge in [-0.1, -0.05) is 24.3 Å². The van der Waals surface area contributed by atoms with E-state index in [9.17, 15) is 43.2 Å². The lowest BCUT2D eigenvalue weighted by atomic mass is 9.87. The van der Waals surface area contributed by atoms with Gasteiger partial charge in [0.15, 0.2) is 11.5 Å². The Labute approximate surface area is 525 Å². The Morgan fingerprint density at radius 2 is 1.22 bits per heavy atom. The number of nitrogens with two attached hydrogens (primary N) is 1. The van der Waals surface area contributed by atoms with Crippen LogP contribution in [0.25, 0.3) is 32.9 Å². The minimum atomic E-state index is -0.648. The Balaban J connectivity index is 0.590. The molecule has 5 N–H and O–H groups in total. The zero-order valence-electron chi connectivity index (χ0n) is 51.5. The standard InChI is InChI=1S/C65H78FN15O10/c1-40-59-48(7-6-8-51(59)80(74-40)39-55(83)68-37-54(82)69-38-58(86)91-2)49-34-52-46(33-50(49)66)35-71-81(52)57(85)14-13-56(84)76-25-17-43(18-26-76)63(88)78-29-21-45(22-30-78)65(90)79-31-19-44(20-32-79)64(89)77-27-15-42(16-28-77)41-9-11-47(12-10-41)72-62-60(61(67)87)70-36-53(73-62)75-23-4-3-5-24-75/h6-12,33-36,42-45H,3-5,13-32,37-39H2,1-2H3,(H2,67,87)(H,68,83)(H,69,82)(H,72,73). The van der Waals surface area contributed by atoms with E-state index in [4.69, 9.17) is 10.7 Å². The van der Waals surface area contributed by atoms with Crippen LogP contribution >= 0.6 is 0 Å². The molecule has 5 fully saturated rings. The quantitative estimate of drug-likeness (QED) is 0.0817. The van der Waals surface area contributed by atoms with Gasteiger partial charge in [0.1, 0.15) is 24.7 Å². The van der Waals surface area contributed by atoms with Crippen LogP contribution in [-0.2, 0) is 44.8 Å². The maximum Gasteiger partial charge on any atom is 0.325 e. The van der Waals surface area contributed by atoms with E-state index in [1.165, 1.54) is 46.8 Å². The third-order valence-corrected chi connectivity index (χ3v) is 18.7. The molecule has 0 saturated carbocycles. The van der Waals surface area contributed by atoms with Crippen molar-refractivity contribution in [3.8, 4) is 11.1 Å². The topological polar surface area (TPSA) is 303 Å². The number of amides is 7. The number of fused-ring (bicyclic) bond motifs is 2. The van der Waals surface area contributed by atoms with Crippen molar-refractivity contribution in [1.29, 1.82) is 0 Å². The van der Waals surface area contributed by atoms with Crippen molar-refractivity contribution in [1.82, 2.24) is 59.8 Å². The second-order valence-corrected chi connectivity index (χ2v) is 24.5. The Bertz CT molecular complexity index is 3740. The SMILES string of the molecule is COC(=O)CNC(=O)CNC(=O)Cn1nc(C)c2c(-c3cc4c(cnn4C(=O)CCC(=O)N4CCC(C(=O)N5CCC(C(=O)N6CCC(C(=O)N7CCC(c8ccc(Nc9nc(N%10CCCCC%10)cnc9C(N)=O)cc8)CC7)CC6)CC5)CC4)cc3F)cccc21. The molecular weight excluding hydrogens is 1170 g/mol. The number of rotatable bonds is 18. The molecule has 5 aliphatic rings. The molecule has 0 atom stereocenters. The van der Waals surface area contributed by atoms with Crippen molar-refractivity contribution >= 4 is 92.4 Å². The third kappa shape index (κ3) is 14.5. The molecule has 0 spiro atoms. The van der Waals surface area contributed by atoms with Gasteiger partial charge in [0, 0.05) is 118 Å². The number of aryl methyl sites for hydroxylation is 1. The Morgan fingerprint density at radius 3 is 1.82 bits per heavy atom. The predicted molar refractivity (Wildman–Crippen MR) is 334 cm³/mol. The fraction of sp³-hybridized carbons (Fsp3) is 0.492. The number of carbonyl (C=O) groups is 9. The lowest BCUT2D eigenvalue weighted by Gasteiger charge is -2.40. The number of anilines is 3. The van der Waals surface area contributed by atoms with Gasteiger partial charge < -0.3 is 50.9 Å². The molecule has 26 heteroatoms. The minimum Gasteiger partial charge on any atom is -0.468 e. The van der Waals surface area contributed by atoms with E-state index in [2.05, 4.69) is 52.9 Å². The maximum absolute atomic E-state index is 16.0. The number of carbonyl (C=O) groups excluding carboxylic acids is 9. The van der Waals surface area contributed by atoms with Crippen molar-refractivity contribution in [3.05, 3.63) is 89.8 Å². The van der Waals surface area contributed by atoms with E-state index in [1.807, 2.05) is 26.8 Å². The summed E-state index contributed by atoms with van der Waals surface area (Å²) in [4.78, 5) is 136. The van der Waals surface area contributed by atoms with Crippen molar-refractivity contribution in [3.63, 3.8) is 0 Å². The van der Waals surface area contributed by atoms with Gasteiger partial charge >= 0.3 is 5.97 Å². The second-order valence-electron chi connectivity index (χ2n) is 24.5. The number of hydrogen-bond donors (Lipinski definition) is 4.